The van der Waals surface area contributed by atoms with Gasteiger partial charge in [-0.05, 0) is 29.6 Å². The predicted molar refractivity (Wildman–Crippen MR) is 52.6 cm³/mol. The van der Waals surface area contributed by atoms with Crippen LogP contribution in [0.3, 0.4) is 0 Å². The highest BCUT2D eigenvalue weighted by molar-refractivity contribution is 6.61. The molecule has 1 aromatic carbocycles. The van der Waals surface area contributed by atoms with Crippen molar-refractivity contribution in [2.24, 2.45) is 0 Å². The van der Waals surface area contributed by atoms with Gasteiger partial charge in [0.2, 0.25) is 0 Å². The van der Waals surface area contributed by atoms with E-state index in [2.05, 4.69) is 0 Å². The molecule has 1 aromatic rings. The van der Waals surface area contributed by atoms with Crippen LogP contribution in [0.2, 0.25) is 0 Å². The number of hydrogen-bond acceptors (Lipinski definition) is 3. The zero-order valence-electron chi connectivity index (χ0n) is 7.53. The molecular formula is C9H12BNO2. The lowest BCUT2D eigenvalue weighted by atomic mass is 9.79. The summed E-state index contributed by atoms with van der Waals surface area (Å²) >= 11 is 0. The first-order chi connectivity index (χ1) is 6.22. The smallest absolute Gasteiger partial charge is 0.423 e. The number of rotatable bonds is 1. The molecule has 1 heterocycles. The van der Waals surface area contributed by atoms with Crippen LogP contribution < -0.4 is 11.2 Å². The number of nitrogens with two attached hydrogens (primary N) is 1. The first kappa shape index (κ1) is 8.60. The van der Waals surface area contributed by atoms with Gasteiger partial charge in [0.1, 0.15) is 0 Å². The Balaban J connectivity index is 2.46. The molecule has 0 aromatic heterocycles. The number of benzene rings is 1. The molecule has 0 fully saturated rings. The van der Waals surface area contributed by atoms with Gasteiger partial charge in [-0.3, -0.25) is 0 Å². The van der Waals surface area contributed by atoms with Gasteiger partial charge in [0.15, 0.2) is 0 Å². The Kier molecular flexibility index (Phi) is 2.02. The fraction of sp³-hybridized carbons (Fsp3) is 0.333. The second kappa shape index (κ2) is 3.05. The van der Waals surface area contributed by atoms with Crippen molar-refractivity contribution in [2.45, 2.75) is 19.4 Å². The average Bonchev–Trinajstić information content (AvgIpc) is 2.43. The van der Waals surface area contributed by atoms with Gasteiger partial charge in [-0.2, -0.15) is 0 Å². The monoisotopic (exact) mass is 177 g/mol. The van der Waals surface area contributed by atoms with E-state index in [1.165, 1.54) is 0 Å². The van der Waals surface area contributed by atoms with Gasteiger partial charge in [-0.1, -0.05) is 13.0 Å². The lowest BCUT2D eigenvalue weighted by molar-refractivity contribution is 0.186. The Hall–Kier alpha value is -0.995. The third kappa shape index (κ3) is 1.32. The molecule has 1 aliphatic rings. The van der Waals surface area contributed by atoms with Gasteiger partial charge in [-0.15, -0.1) is 0 Å². The fourth-order valence-corrected chi connectivity index (χ4v) is 1.72. The van der Waals surface area contributed by atoms with E-state index in [9.17, 15) is 5.02 Å². The zero-order valence-corrected chi connectivity index (χ0v) is 7.53. The molecule has 0 radical (unpaired) electrons. The number of hydrogen-bond donors (Lipinski definition) is 2. The molecule has 68 valence electrons. The third-order valence-corrected chi connectivity index (χ3v) is 2.39. The second-order valence-corrected chi connectivity index (χ2v) is 3.27. The summed E-state index contributed by atoms with van der Waals surface area (Å²) in [5.74, 6) is 0. The first-order valence-electron chi connectivity index (χ1n) is 4.45. The summed E-state index contributed by atoms with van der Waals surface area (Å²) in [5.41, 5.74) is 8.15. The summed E-state index contributed by atoms with van der Waals surface area (Å²) in [6.45, 7) is 2.03. The van der Waals surface area contributed by atoms with E-state index < -0.39 is 7.12 Å². The molecule has 0 amide bonds. The maximum Gasteiger partial charge on any atom is 0.492 e. The molecule has 13 heavy (non-hydrogen) atoms. The minimum Gasteiger partial charge on any atom is -0.423 e. The van der Waals surface area contributed by atoms with Crippen LogP contribution in [0.1, 0.15) is 25.0 Å². The summed E-state index contributed by atoms with van der Waals surface area (Å²) in [6.07, 6.45) is 0.888. The van der Waals surface area contributed by atoms with Crippen molar-refractivity contribution < 1.29 is 9.68 Å². The van der Waals surface area contributed by atoms with E-state index in [4.69, 9.17) is 10.4 Å². The van der Waals surface area contributed by atoms with Crippen LogP contribution in [0.15, 0.2) is 18.2 Å². The van der Waals surface area contributed by atoms with Gasteiger partial charge >= 0.3 is 7.12 Å². The van der Waals surface area contributed by atoms with Crippen LogP contribution in [-0.4, -0.2) is 12.1 Å². The predicted octanol–water partition coefficient (Wildman–Crippen LogP) is 0.438. The molecule has 0 bridgehead atoms. The van der Waals surface area contributed by atoms with E-state index in [1.807, 2.05) is 19.1 Å². The molecule has 4 heteroatoms. The normalized spacial score (nSPS) is 20.5. The zero-order chi connectivity index (χ0) is 9.42. The van der Waals surface area contributed by atoms with E-state index in [0.29, 0.717) is 5.69 Å². The summed E-state index contributed by atoms with van der Waals surface area (Å²) in [6, 6.07) is 5.54. The number of fused-ring (bicyclic) bond motifs is 1. The topological polar surface area (TPSA) is 55.5 Å². The van der Waals surface area contributed by atoms with Gasteiger partial charge in [-0.25, -0.2) is 0 Å². The van der Waals surface area contributed by atoms with Crippen molar-refractivity contribution in [3.05, 3.63) is 23.8 Å². The van der Waals surface area contributed by atoms with Crippen molar-refractivity contribution >= 4 is 18.3 Å². The van der Waals surface area contributed by atoms with Gasteiger partial charge in [0.05, 0.1) is 6.10 Å². The lowest BCUT2D eigenvalue weighted by Gasteiger charge is -2.07. The Morgan fingerprint density at radius 3 is 3.08 bits per heavy atom. The molecule has 1 aliphatic heterocycles. The largest absolute Gasteiger partial charge is 0.492 e. The first-order valence-corrected chi connectivity index (χ1v) is 4.45. The molecule has 3 N–H and O–H groups in total. The Morgan fingerprint density at radius 2 is 2.38 bits per heavy atom. The second-order valence-electron chi connectivity index (χ2n) is 3.27. The van der Waals surface area contributed by atoms with Crippen molar-refractivity contribution in [3.8, 4) is 0 Å². The van der Waals surface area contributed by atoms with Crippen molar-refractivity contribution in [3.63, 3.8) is 0 Å². The molecule has 0 saturated heterocycles. The average molecular weight is 177 g/mol. The summed E-state index contributed by atoms with van der Waals surface area (Å²) < 4.78 is 5.34. The highest BCUT2D eigenvalue weighted by atomic mass is 16.5. The molecule has 0 spiro atoms. The van der Waals surface area contributed by atoms with Crippen LogP contribution in [0.5, 0.6) is 0 Å². The Morgan fingerprint density at radius 1 is 1.62 bits per heavy atom. The van der Waals surface area contributed by atoms with Crippen LogP contribution >= 0.6 is 0 Å². The van der Waals surface area contributed by atoms with E-state index in [-0.39, 0.29) is 6.10 Å². The van der Waals surface area contributed by atoms with Crippen molar-refractivity contribution in [2.75, 3.05) is 5.73 Å². The molecule has 3 nitrogen and oxygen atoms in total. The van der Waals surface area contributed by atoms with Gasteiger partial charge in [0.25, 0.3) is 0 Å². The summed E-state index contributed by atoms with van der Waals surface area (Å²) in [4.78, 5) is 0. The Bertz CT molecular complexity index is 329. The molecule has 0 aliphatic carbocycles. The van der Waals surface area contributed by atoms with Gasteiger partial charge in [0, 0.05) is 5.69 Å². The fourth-order valence-electron chi connectivity index (χ4n) is 1.72. The van der Waals surface area contributed by atoms with E-state index in [0.717, 1.165) is 17.4 Å². The minimum atomic E-state index is -0.802. The molecule has 1 unspecified atom stereocenters. The van der Waals surface area contributed by atoms with Gasteiger partial charge < -0.3 is 15.4 Å². The summed E-state index contributed by atoms with van der Waals surface area (Å²) in [7, 11) is -0.802. The van der Waals surface area contributed by atoms with Crippen molar-refractivity contribution in [1.82, 2.24) is 0 Å². The molecule has 2 rings (SSSR count). The standard InChI is InChI=1S/C9H12BNO2/c1-2-9-7-4-3-6(11)5-8(7)10(12)13-9/h3-5,9,12H,2,11H2,1H3. The van der Waals surface area contributed by atoms with Crippen molar-refractivity contribution in [1.29, 1.82) is 0 Å². The quantitative estimate of drug-likeness (QED) is 0.483. The number of nitrogen functional groups attached to an aromatic ring is 1. The third-order valence-electron chi connectivity index (χ3n) is 2.39. The minimum absolute atomic E-state index is 0.0191. The highest BCUT2D eigenvalue weighted by Gasteiger charge is 2.33. The lowest BCUT2D eigenvalue weighted by Crippen LogP contribution is -2.28. The highest BCUT2D eigenvalue weighted by Crippen LogP contribution is 2.26. The maximum absolute atomic E-state index is 9.53. The SMILES string of the molecule is CCC1OB(O)c2cc(N)ccc21. The van der Waals surface area contributed by atoms with Crippen LogP contribution in [0, 0.1) is 0 Å². The van der Waals surface area contributed by atoms with Crippen LogP contribution in [0.4, 0.5) is 5.69 Å². The Labute approximate surface area is 77.7 Å². The van der Waals surface area contributed by atoms with Crippen LogP contribution in [0.25, 0.3) is 0 Å². The van der Waals surface area contributed by atoms with E-state index >= 15 is 0 Å². The van der Waals surface area contributed by atoms with Crippen LogP contribution in [-0.2, 0) is 4.65 Å². The summed E-state index contributed by atoms with van der Waals surface area (Å²) in [5, 5.41) is 9.53. The molecular weight excluding hydrogens is 165 g/mol. The molecule has 1 atom stereocenters. The number of anilines is 1. The molecule has 0 saturated carbocycles. The maximum atomic E-state index is 9.53. The van der Waals surface area contributed by atoms with E-state index in [1.54, 1.807) is 6.07 Å².